The van der Waals surface area contributed by atoms with Crippen LogP contribution in [0.4, 0.5) is 0 Å². The smallest absolute Gasteiger partial charge is 0.0715 e. The van der Waals surface area contributed by atoms with Gasteiger partial charge in [0.05, 0.1) is 5.97 Å². The van der Waals surface area contributed by atoms with E-state index in [1.54, 1.807) is 12.1 Å². The molecule has 1 aromatic rings. The van der Waals surface area contributed by atoms with Crippen molar-refractivity contribution in [2.75, 3.05) is 0 Å². The van der Waals surface area contributed by atoms with E-state index in [4.69, 9.17) is 0 Å². The van der Waals surface area contributed by atoms with Gasteiger partial charge in [0.2, 0.25) is 0 Å². The highest BCUT2D eigenvalue weighted by atomic mass is 127. The molecule has 0 aliphatic heterocycles. The third-order valence-electron chi connectivity index (χ3n) is 1.08. The van der Waals surface area contributed by atoms with Crippen LogP contribution in [0.25, 0.3) is 0 Å². The van der Waals surface area contributed by atoms with Gasteiger partial charge in [0, 0.05) is 3.57 Å². The van der Waals surface area contributed by atoms with Crippen LogP contribution in [0.1, 0.15) is 10.4 Å². The van der Waals surface area contributed by atoms with E-state index in [9.17, 15) is 9.90 Å². The van der Waals surface area contributed by atoms with E-state index in [1.807, 2.05) is 0 Å². The lowest BCUT2D eigenvalue weighted by molar-refractivity contribution is -0.255. The molecule has 1 aromatic carbocycles. The predicted molar refractivity (Wildman–Crippen MR) is 43.5 cm³/mol. The van der Waals surface area contributed by atoms with E-state index in [2.05, 4.69) is 22.6 Å². The Bertz CT molecular complexity index is 240. The molecule has 0 N–H and O–H groups in total. The Labute approximate surface area is 72.0 Å². The quantitative estimate of drug-likeness (QED) is 0.683. The van der Waals surface area contributed by atoms with Gasteiger partial charge in [-0.05, 0) is 40.3 Å². The summed E-state index contributed by atoms with van der Waals surface area (Å²) in [4.78, 5) is 10.2. The van der Waals surface area contributed by atoms with E-state index in [0.717, 1.165) is 3.57 Å². The van der Waals surface area contributed by atoms with E-state index in [0.29, 0.717) is 0 Å². The molecule has 0 spiro atoms. The Kier molecular flexibility index (Phi) is 2.26. The van der Waals surface area contributed by atoms with Crippen LogP contribution in [0, 0.1) is 3.57 Å². The molecule has 2 nitrogen and oxygen atoms in total. The average molecular weight is 247 g/mol. The first kappa shape index (κ1) is 7.53. The van der Waals surface area contributed by atoms with Crippen LogP contribution < -0.4 is 5.11 Å². The first-order chi connectivity index (χ1) is 4.70. The van der Waals surface area contributed by atoms with Gasteiger partial charge in [-0.2, -0.15) is 0 Å². The normalized spacial score (nSPS) is 9.30. The van der Waals surface area contributed by atoms with Gasteiger partial charge in [0.15, 0.2) is 0 Å². The number of hydrogen-bond donors (Lipinski definition) is 0. The van der Waals surface area contributed by atoms with Crippen LogP contribution in [-0.2, 0) is 0 Å². The molecule has 0 heterocycles. The molecule has 0 unspecified atom stereocenters. The molecule has 1 rings (SSSR count). The minimum atomic E-state index is -1.13. The van der Waals surface area contributed by atoms with Crippen molar-refractivity contribution in [3.8, 4) is 0 Å². The van der Waals surface area contributed by atoms with Gasteiger partial charge < -0.3 is 9.90 Å². The summed E-state index contributed by atoms with van der Waals surface area (Å²) < 4.78 is 1.02. The van der Waals surface area contributed by atoms with Crippen molar-refractivity contribution in [1.82, 2.24) is 0 Å². The van der Waals surface area contributed by atoms with Gasteiger partial charge in [-0.15, -0.1) is 0 Å². The van der Waals surface area contributed by atoms with Crippen molar-refractivity contribution in [2.24, 2.45) is 0 Å². The van der Waals surface area contributed by atoms with Crippen molar-refractivity contribution >= 4 is 28.6 Å². The standard InChI is InChI=1S/C7H5IO2/c8-6-3-1-5(2-4-6)7(9)10/h1-4H,(H,9,10)/p-1. The second kappa shape index (κ2) is 3.01. The number of rotatable bonds is 1. The SMILES string of the molecule is O=C([O-])c1ccc(I)cc1. The van der Waals surface area contributed by atoms with Gasteiger partial charge in [-0.25, -0.2) is 0 Å². The molecule has 0 amide bonds. The first-order valence-electron chi connectivity index (χ1n) is 2.67. The third kappa shape index (κ3) is 1.70. The molecule has 0 atom stereocenters. The van der Waals surface area contributed by atoms with Crippen molar-refractivity contribution in [2.45, 2.75) is 0 Å². The Balaban J connectivity index is 3.00. The lowest BCUT2D eigenvalue weighted by atomic mass is 10.2. The van der Waals surface area contributed by atoms with E-state index < -0.39 is 5.97 Å². The molecule has 0 bridgehead atoms. The monoisotopic (exact) mass is 247 g/mol. The number of hydrogen-bond acceptors (Lipinski definition) is 2. The molecule has 0 radical (unpaired) electrons. The Morgan fingerprint density at radius 1 is 1.30 bits per heavy atom. The zero-order valence-corrected chi connectivity index (χ0v) is 7.16. The molecule has 3 heteroatoms. The van der Waals surface area contributed by atoms with Gasteiger partial charge in [0.1, 0.15) is 0 Å². The van der Waals surface area contributed by atoms with E-state index >= 15 is 0 Å². The van der Waals surface area contributed by atoms with E-state index in [1.165, 1.54) is 12.1 Å². The summed E-state index contributed by atoms with van der Waals surface area (Å²) in [6.07, 6.45) is 0. The fourth-order valence-electron chi connectivity index (χ4n) is 0.586. The maximum absolute atomic E-state index is 10.2. The van der Waals surface area contributed by atoms with Crippen LogP contribution >= 0.6 is 22.6 Å². The molecular weight excluding hydrogens is 243 g/mol. The maximum atomic E-state index is 10.2. The van der Waals surface area contributed by atoms with Gasteiger partial charge >= 0.3 is 0 Å². The van der Waals surface area contributed by atoms with Crippen molar-refractivity contribution in [3.05, 3.63) is 33.4 Å². The largest absolute Gasteiger partial charge is 0.545 e. The number of carbonyl (C=O) groups is 1. The van der Waals surface area contributed by atoms with Crippen LogP contribution in [0.15, 0.2) is 24.3 Å². The highest BCUT2D eigenvalue weighted by Crippen LogP contribution is 2.05. The number of carboxylic acid groups (broad SMARTS) is 1. The van der Waals surface area contributed by atoms with E-state index in [-0.39, 0.29) is 5.56 Å². The molecule has 0 saturated carbocycles. The number of carbonyl (C=O) groups excluding carboxylic acids is 1. The number of carboxylic acids is 1. The Morgan fingerprint density at radius 2 is 1.80 bits per heavy atom. The molecule has 0 saturated heterocycles. The van der Waals surface area contributed by atoms with Crippen molar-refractivity contribution in [3.63, 3.8) is 0 Å². The molecule has 52 valence electrons. The summed E-state index contributed by atoms with van der Waals surface area (Å²) >= 11 is 2.11. The highest BCUT2D eigenvalue weighted by Gasteiger charge is 1.90. The lowest BCUT2D eigenvalue weighted by Crippen LogP contribution is -2.21. The van der Waals surface area contributed by atoms with Gasteiger partial charge in [0.25, 0.3) is 0 Å². The fraction of sp³-hybridized carbons (Fsp3) is 0. The lowest BCUT2D eigenvalue weighted by Gasteiger charge is -1.99. The minimum absolute atomic E-state index is 0.223. The molecular formula is C7H4IO2-. The average Bonchev–Trinajstić information content (AvgIpc) is 1.88. The molecule has 0 aliphatic rings. The van der Waals surface area contributed by atoms with Crippen LogP contribution in [0.2, 0.25) is 0 Å². The zero-order chi connectivity index (χ0) is 7.56. The van der Waals surface area contributed by atoms with Crippen molar-refractivity contribution in [1.29, 1.82) is 0 Å². The Morgan fingerprint density at radius 3 is 2.20 bits per heavy atom. The van der Waals surface area contributed by atoms with Gasteiger partial charge in [-0.1, -0.05) is 12.1 Å². The third-order valence-corrected chi connectivity index (χ3v) is 1.80. The zero-order valence-electron chi connectivity index (χ0n) is 5.00. The van der Waals surface area contributed by atoms with Crippen LogP contribution in [0.5, 0.6) is 0 Å². The van der Waals surface area contributed by atoms with Crippen LogP contribution in [-0.4, -0.2) is 5.97 Å². The summed E-state index contributed by atoms with van der Waals surface area (Å²) in [6, 6.07) is 6.51. The van der Waals surface area contributed by atoms with Crippen LogP contribution in [0.3, 0.4) is 0 Å². The molecule has 0 aliphatic carbocycles. The maximum Gasteiger partial charge on any atom is 0.0715 e. The second-order valence-electron chi connectivity index (χ2n) is 1.79. The molecule has 10 heavy (non-hydrogen) atoms. The number of benzene rings is 1. The van der Waals surface area contributed by atoms with Gasteiger partial charge in [-0.3, -0.25) is 0 Å². The molecule has 0 aromatic heterocycles. The summed E-state index contributed by atoms with van der Waals surface area (Å²) in [5, 5.41) is 10.2. The minimum Gasteiger partial charge on any atom is -0.545 e. The number of halogens is 1. The summed E-state index contributed by atoms with van der Waals surface area (Å²) in [5.41, 5.74) is 0.223. The summed E-state index contributed by atoms with van der Waals surface area (Å²) in [7, 11) is 0. The fourth-order valence-corrected chi connectivity index (χ4v) is 0.946. The molecule has 0 fully saturated rings. The summed E-state index contributed by atoms with van der Waals surface area (Å²) in [5.74, 6) is -1.13. The second-order valence-corrected chi connectivity index (χ2v) is 3.04. The summed E-state index contributed by atoms with van der Waals surface area (Å²) in [6.45, 7) is 0. The number of aromatic carboxylic acids is 1. The highest BCUT2D eigenvalue weighted by molar-refractivity contribution is 14.1. The predicted octanol–water partition coefficient (Wildman–Crippen LogP) is 0.655. The first-order valence-corrected chi connectivity index (χ1v) is 3.75. The topological polar surface area (TPSA) is 40.1 Å². The van der Waals surface area contributed by atoms with Crippen molar-refractivity contribution < 1.29 is 9.90 Å². The Hall–Kier alpha value is -0.580.